The Morgan fingerprint density at radius 1 is 0.969 bits per heavy atom. The molecule has 170 valence electrons. The molecule has 1 aromatic carbocycles. The first-order chi connectivity index (χ1) is 15.3. The predicted octanol–water partition coefficient (Wildman–Crippen LogP) is 4.41. The summed E-state index contributed by atoms with van der Waals surface area (Å²) in [5.74, 6) is 0.971. The van der Waals surface area contributed by atoms with Gasteiger partial charge in [0.15, 0.2) is 0 Å². The zero-order valence-electron chi connectivity index (χ0n) is 19.9. The van der Waals surface area contributed by atoms with Crippen molar-refractivity contribution in [3.8, 4) is 5.82 Å². The van der Waals surface area contributed by atoms with Crippen LogP contribution < -0.4 is 15.5 Å². The summed E-state index contributed by atoms with van der Waals surface area (Å²) in [5.41, 5.74) is 6.66. The van der Waals surface area contributed by atoms with E-state index in [4.69, 9.17) is 4.98 Å². The average molecular weight is 434 g/mol. The van der Waals surface area contributed by atoms with Crippen LogP contribution in [-0.4, -0.2) is 42.6 Å². The van der Waals surface area contributed by atoms with Crippen LogP contribution in [0.2, 0.25) is 0 Å². The SMILES string of the molecule is Cc1cc(CCCCNCC(=O)Nc2ccc(N(C)C)cc2)nc(-n2c(C)ccc2C)c1. The van der Waals surface area contributed by atoms with Gasteiger partial charge in [-0.3, -0.25) is 4.79 Å². The molecule has 0 atom stereocenters. The molecule has 2 aromatic heterocycles. The summed E-state index contributed by atoms with van der Waals surface area (Å²) in [7, 11) is 3.99. The maximum Gasteiger partial charge on any atom is 0.238 e. The van der Waals surface area contributed by atoms with Gasteiger partial charge in [-0.1, -0.05) is 0 Å². The van der Waals surface area contributed by atoms with Crippen molar-refractivity contribution in [3.63, 3.8) is 0 Å². The van der Waals surface area contributed by atoms with Gasteiger partial charge in [0.1, 0.15) is 5.82 Å². The highest BCUT2D eigenvalue weighted by Crippen LogP contribution is 2.18. The summed E-state index contributed by atoms with van der Waals surface area (Å²) < 4.78 is 2.20. The van der Waals surface area contributed by atoms with Crippen molar-refractivity contribution in [2.45, 2.75) is 40.0 Å². The summed E-state index contributed by atoms with van der Waals surface area (Å²) in [6.45, 7) is 7.46. The van der Waals surface area contributed by atoms with Crippen molar-refractivity contribution in [1.29, 1.82) is 0 Å². The highest BCUT2D eigenvalue weighted by molar-refractivity contribution is 5.92. The molecule has 2 heterocycles. The normalized spacial score (nSPS) is 10.9. The summed E-state index contributed by atoms with van der Waals surface area (Å²) in [6, 6.07) is 16.4. The molecule has 2 N–H and O–H groups in total. The van der Waals surface area contributed by atoms with Gasteiger partial charge in [0.2, 0.25) is 5.91 Å². The first-order valence-electron chi connectivity index (χ1n) is 11.2. The number of pyridine rings is 1. The molecule has 0 spiro atoms. The van der Waals surface area contributed by atoms with Crippen molar-refractivity contribution < 1.29 is 4.79 Å². The lowest BCUT2D eigenvalue weighted by Crippen LogP contribution is -2.28. The molecule has 0 unspecified atom stereocenters. The van der Waals surface area contributed by atoms with Crippen molar-refractivity contribution >= 4 is 17.3 Å². The molecule has 0 saturated carbocycles. The largest absolute Gasteiger partial charge is 0.378 e. The summed E-state index contributed by atoms with van der Waals surface area (Å²) in [4.78, 5) is 19.0. The Morgan fingerprint density at radius 3 is 2.31 bits per heavy atom. The van der Waals surface area contributed by atoms with Crippen molar-refractivity contribution in [2.24, 2.45) is 0 Å². The number of carbonyl (C=O) groups is 1. The fourth-order valence-electron chi connectivity index (χ4n) is 3.80. The van der Waals surface area contributed by atoms with Crippen LogP contribution in [0, 0.1) is 20.8 Å². The molecule has 0 aliphatic carbocycles. The van der Waals surface area contributed by atoms with Crippen LogP contribution in [0.4, 0.5) is 11.4 Å². The molecule has 6 heteroatoms. The standard InChI is InChI=1S/C26H35N5O/c1-19-16-23(28-25(17-19)31-20(2)9-10-21(31)3)8-6-7-15-27-18-26(32)29-22-11-13-24(14-12-22)30(4)5/h9-14,16-17,27H,6-8,15,18H2,1-5H3,(H,29,32). The zero-order chi connectivity index (χ0) is 23.1. The van der Waals surface area contributed by atoms with Gasteiger partial charge in [-0.2, -0.15) is 0 Å². The maximum atomic E-state index is 12.1. The van der Waals surface area contributed by atoms with Gasteiger partial charge in [-0.15, -0.1) is 0 Å². The lowest BCUT2D eigenvalue weighted by atomic mass is 10.1. The molecule has 6 nitrogen and oxygen atoms in total. The fraction of sp³-hybridized carbons (Fsp3) is 0.385. The number of nitrogens with one attached hydrogen (secondary N) is 2. The second-order valence-corrected chi connectivity index (χ2v) is 8.57. The van der Waals surface area contributed by atoms with E-state index in [0.29, 0.717) is 6.54 Å². The van der Waals surface area contributed by atoms with E-state index < -0.39 is 0 Å². The van der Waals surface area contributed by atoms with E-state index in [1.54, 1.807) is 0 Å². The van der Waals surface area contributed by atoms with E-state index in [1.807, 2.05) is 43.3 Å². The third-order valence-corrected chi connectivity index (χ3v) is 5.50. The number of unbranched alkanes of at least 4 members (excludes halogenated alkanes) is 1. The minimum atomic E-state index is -0.0231. The number of anilines is 2. The number of hydrogen-bond donors (Lipinski definition) is 2. The first kappa shape index (κ1) is 23.5. The molecule has 0 saturated heterocycles. The zero-order valence-corrected chi connectivity index (χ0v) is 19.9. The Balaban J connectivity index is 1.40. The maximum absolute atomic E-state index is 12.1. The summed E-state index contributed by atoms with van der Waals surface area (Å²) in [5, 5.41) is 6.16. The number of nitrogens with zero attached hydrogens (tertiary/aromatic N) is 3. The number of benzene rings is 1. The minimum absolute atomic E-state index is 0.0231. The van der Waals surface area contributed by atoms with Crippen LogP contribution in [0.15, 0.2) is 48.5 Å². The molecular weight excluding hydrogens is 398 g/mol. The lowest BCUT2D eigenvalue weighted by molar-refractivity contribution is -0.115. The monoisotopic (exact) mass is 433 g/mol. The van der Waals surface area contributed by atoms with Gasteiger partial charge in [0.25, 0.3) is 0 Å². The molecule has 0 bridgehead atoms. The second-order valence-electron chi connectivity index (χ2n) is 8.57. The third kappa shape index (κ3) is 6.44. The number of carbonyl (C=O) groups excluding carboxylic acids is 1. The van der Waals surface area contributed by atoms with Crippen LogP contribution in [0.5, 0.6) is 0 Å². The highest BCUT2D eigenvalue weighted by atomic mass is 16.1. The molecule has 0 aliphatic heterocycles. The second kappa shape index (κ2) is 11.0. The Morgan fingerprint density at radius 2 is 1.66 bits per heavy atom. The Labute approximate surface area is 191 Å². The van der Waals surface area contributed by atoms with Gasteiger partial charge < -0.3 is 20.1 Å². The summed E-state index contributed by atoms with van der Waals surface area (Å²) in [6.07, 6.45) is 2.96. The van der Waals surface area contributed by atoms with E-state index >= 15 is 0 Å². The van der Waals surface area contributed by atoms with Gasteiger partial charge >= 0.3 is 0 Å². The van der Waals surface area contributed by atoms with Crippen LogP contribution in [-0.2, 0) is 11.2 Å². The third-order valence-electron chi connectivity index (χ3n) is 5.50. The first-order valence-corrected chi connectivity index (χ1v) is 11.2. The number of amides is 1. The molecule has 1 amide bonds. The minimum Gasteiger partial charge on any atom is -0.378 e. The van der Waals surface area contributed by atoms with Crippen LogP contribution in [0.1, 0.15) is 35.5 Å². The van der Waals surface area contributed by atoms with E-state index in [1.165, 1.54) is 17.0 Å². The van der Waals surface area contributed by atoms with E-state index in [2.05, 4.69) is 60.2 Å². The molecule has 0 aliphatic rings. The van der Waals surface area contributed by atoms with E-state index in [-0.39, 0.29) is 5.91 Å². The Hall–Kier alpha value is -3.12. The summed E-state index contributed by atoms with van der Waals surface area (Å²) >= 11 is 0. The van der Waals surface area contributed by atoms with E-state index in [0.717, 1.165) is 48.7 Å². The van der Waals surface area contributed by atoms with Crippen LogP contribution >= 0.6 is 0 Å². The molecule has 3 aromatic rings. The predicted molar refractivity (Wildman–Crippen MR) is 133 cm³/mol. The molecule has 0 radical (unpaired) electrons. The molecule has 3 rings (SSSR count). The smallest absolute Gasteiger partial charge is 0.238 e. The van der Waals surface area contributed by atoms with Crippen molar-refractivity contribution in [1.82, 2.24) is 14.9 Å². The lowest BCUT2D eigenvalue weighted by Gasteiger charge is -2.13. The van der Waals surface area contributed by atoms with E-state index in [9.17, 15) is 4.79 Å². The van der Waals surface area contributed by atoms with Crippen LogP contribution in [0.3, 0.4) is 0 Å². The fourth-order valence-corrected chi connectivity index (χ4v) is 3.80. The number of aryl methyl sites for hydroxylation is 4. The number of aromatic nitrogens is 2. The molecule has 0 fully saturated rings. The number of hydrogen-bond acceptors (Lipinski definition) is 4. The highest BCUT2D eigenvalue weighted by Gasteiger charge is 2.08. The van der Waals surface area contributed by atoms with Crippen LogP contribution in [0.25, 0.3) is 5.82 Å². The van der Waals surface area contributed by atoms with Gasteiger partial charge in [-0.05, 0) is 101 Å². The Kier molecular flexibility index (Phi) is 8.06. The van der Waals surface area contributed by atoms with Crippen molar-refractivity contribution in [3.05, 3.63) is 71.2 Å². The van der Waals surface area contributed by atoms with Gasteiger partial charge in [0, 0.05) is 42.6 Å². The quantitative estimate of drug-likeness (QED) is 0.465. The molecule has 32 heavy (non-hydrogen) atoms. The average Bonchev–Trinajstić information content (AvgIpc) is 3.08. The topological polar surface area (TPSA) is 62.2 Å². The number of rotatable bonds is 10. The Bertz CT molecular complexity index is 1020. The van der Waals surface area contributed by atoms with Crippen molar-refractivity contribution in [2.75, 3.05) is 37.4 Å². The van der Waals surface area contributed by atoms with Gasteiger partial charge in [0.05, 0.1) is 6.54 Å². The van der Waals surface area contributed by atoms with Gasteiger partial charge in [-0.25, -0.2) is 4.98 Å². The molecular formula is C26H35N5O.